The first-order chi connectivity index (χ1) is 11.6. The third-order valence-corrected chi connectivity index (χ3v) is 3.34. The van der Waals surface area contributed by atoms with Crippen LogP contribution in [0.5, 0.6) is 0 Å². The van der Waals surface area contributed by atoms with Gasteiger partial charge in [0, 0.05) is 24.0 Å². The van der Waals surface area contributed by atoms with E-state index >= 15 is 0 Å². The number of rotatable bonds is 6. The molecule has 0 aromatic heterocycles. The number of nitriles is 1. The fourth-order valence-corrected chi connectivity index (χ4v) is 1.98. The number of carbonyl (C=O) groups excluding carboxylic acids is 2. The van der Waals surface area contributed by atoms with E-state index in [0.717, 1.165) is 5.56 Å². The third-order valence-electron chi connectivity index (χ3n) is 3.34. The highest BCUT2D eigenvalue weighted by atomic mass is 16.1. The van der Waals surface area contributed by atoms with Crippen molar-refractivity contribution >= 4 is 17.4 Å². The van der Waals surface area contributed by atoms with Crippen LogP contribution in [0.2, 0.25) is 0 Å². The lowest BCUT2D eigenvalue weighted by Gasteiger charge is -2.06. The molecule has 0 saturated heterocycles. The fourth-order valence-electron chi connectivity index (χ4n) is 1.98. The molecular formula is C19H17N3O2. The average molecular weight is 319 g/mol. The van der Waals surface area contributed by atoms with E-state index in [1.54, 1.807) is 24.3 Å². The predicted octanol–water partition coefficient (Wildman–Crippen LogP) is 3.02. The quantitative estimate of drug-likeness (QED) is 0.487. The number of nitrogens with zero attached hydrogens (tertiary/aromatic N) is 1. The first-order valence-electron chi connectivity index (χ1n) is 7.40. The Morgan fingerprint density at radius 3 is 2.33 bits per heavy atom. The van der Waals surface area contributed by atoms with E-state index in [4.69, 9.17) is 5.26 Å². The van der Waals surface area contributed by atoms with Crippen LogP contribution in [0.3, 0.4) is 0 Å². The van der Waals surface area contributed by atoms with Crippen LogP contribution in [-0.2, 0) is 11.3 Å². The second-order valence-electron chi connectivity index (χ2n) is 5.12. The van der Waals surface area contributed by atoms with E-state index in [-0.39, 0.29) is 11.4 Å². The Hall–Kier alpha value is -3.39. The number of hydrogen-bond acceptors (Lipinski definition) is 4. The Balaban J connectivity index is 1.96. The fraction of sp³-hybridized carbons (Fsp3) is 0.105. The molecule has 24 heavy (non-hydrogen) atoms. The molecule has 1 amide bonds. The van der Waals surface area contributed by atoms with E-state index in [1.807, 2.05) is 36.4 Å². The summed E-state index contributed by atoms with van der Waals surface area (Å²) in [5, 5.41) is 14.7. The Morgan fingerprint density at radius 1 is 1.08 bits per heavy atom. The minimum Gasteiger partial charge on any atom is -0.360 e. The van der Waals surface area contributed by atoms with Crippen molar-refractivity contribution in [2.24, 2.45) is 0 Å². The maximum absolute atomic E-state index is 12.0. The van der Waals surface area contributed by atoms with Crippen molar-refractivity contribution in [2.45, 2.75) is 13.5 Å². The Kier molecular flexibility index (Phi) is 5.87. The van der Waals surface area contributed by atoms with Crippen LogP contribution in [0, 0.1) is 11.3 Å². The van der Waals surface area contributed by atoms with Gasteiger partial charge in [0.1, 0.15) is 11.6 Å². The van der Waals surface area contributed by atoms with Crippen molar-refractivity contribution in [1.29, 1.82) is 5.26 Å². The summed E-state index contributed by atoms with van der Waals surface area (Å²) in [6.45, 7) is 1.85. The summed E-state index contributed by atoms with van der Waals surface area (Å²) in [4.78, 5) is 23.2. The third kappa shape index (κ3) is 4.82. The molecule has 2 aromatic carbocycles. The molecule has 5 nitrogen and oxygen atoms in total. The molecule has 2 rings (SSSR count). The van der Waals surface area contributed by atoms with Gasteiger partial charge in [-0.3, -0.25) is 9.59 Å². The molecule has 0 bridgehead atoms. The van der Waals surface area contributed by atoms with Crippen molar-refractivity contribution in [3.8, 4) is 6.07 Å². The Labute approximate surface area is 140 Å². The van der Waals surface area contributed by atoms with Gasteiger partial charge in [0.25, 0.3) is 5.91 Å². The highest BCUT2D eigenvalue weighted by molar-refractivity contribution is 5.97. The molecule has 0 aliphatic rings. The van der Waals surface area contributed by atoms with Gasteiger partial charge in [-0.1, -0.05) is 30.3 Å². The number of benzene rings is 2. The van der Waals surface area contributed by atoms with Crippen molar-refractivity contribution < 1.29 is 9.59 Å². The van der Waals surface area contributed by atoms with Gasteiger partial charge in [-0.05, 0) is 36.8 Å². The number of carbonyl (C=O) groups is 2. The standard InChI is InChI=1S/C19H17N3O2/c1-14(23)16-7-9-18(10-8-16)21-13-17(11-20)19(24)22-12-15-5-3-2-4-6-15/h2-10,13,21H,12H2,1H3,(H,22,24)/b17-13-. The van der Waals surface area contributed by atoms with E-state index in [9.17, 15) is 9.59 Å². The number of Topliss-reactive ketones (excluding diaryl/α,β-unsaturated/α-hetero) is 1. The summed E-state index contributed by atoms with van der Waals surface area (Å²) in [6, 6.07) is 18.1. The second-order valence-corrected chi connectivity index (χ2v) is 5.12. The van der Waals surface area contributed by atoms with Gasteiger partial charge >= 0.3 is 0 Å². The van der Waals surface area contributed by atoms with E-state index < -0.39 is 5.91 Å². The lowest BCUT2D eigenvalue weighted by molar-refractivity contribution is -0.117. The lowest BCUT2D eigenvalue weighted by Crippen LogP contribution is -2.24. The molecule has 0 radical (unpaired) electrons. The average Bonchev–Trinajstić information content (AvgIpc) is 2.61. The molecule has 0 spiro atoms. The maximum atomic E-state index is 12.0. The zero-order valence-corrected chi connectivity index (χ0v) is 13.2. The van der Waals surface area contributed by atoms with Gasteiger partial charge in [0.15, 0.2) is 5.78 Å². The summed E-state index contributed by atoms with van der Waals surface area (Å²) in [6.07, 6.45) is 1.35. The van der Waals surface area contributed by atoms with Crippen LogP contribution in [0.15, 0.2) is 66.4 Å². The van der Waals surface area contributed by atoms with Gasteiger partial charge < -0.3 is 10.6 Å². The zero-order chi connectivity index (χ0) is 17.4. The monoisotopic (exact) mass is 319 g/mol. The number of nitrogens with one attached hydrogen (secondary N) is 2. The summed E-state index contributed by atoms with van der Waals surface area (Å²) < 4.78 is 0. The highest BCUT2D eigenvalue weighted by Crippen LogP contribution is 2.10. The maximum Gasteiger partial charge on any atom is 0.263 e. The van der Waals surface area contributed by atoms with Gasteiger partial charge in [0.2, 0.25) is 0 Å². The van der Waals surface area contributed by atoms with Gasteiger partial charge in [-0.15, -0.1) is 0 Å². The molecule has 0 fully saturated rings. The van der Waals surface area contributed by atoms with E-state index in [1.165, 1.54) is 13.1 Å². The Bertz CT molecular complexity index is 788. The SMILES string of the molecule is CC(=O)c1ccc(N/C=C(/C#N)C(=O)NCc2ccccc2)cc1. The number of ketones is 1. The smallest absolute Gasteiger partial charge is 0.263 e. The number of anilines is 1. The number of amides is 1. The molecule has 0 saturated carbocycles. The van der Waals surface area contributed by atoms with Gasteiger partial charge in [-0.2, -0.15) is 5.26 Å². The molecule has 2 aromatic rings. The largest absolute Gasteiger partial charge is 0.360 e. The molecule has 5 heteroatoms. The van der Waals surface area contributed by atoms with E-state index in [0.29, 0.717) is 17.8 Å². The van der Waals surface area contributed by atoms with Crippen LogP contribution in [0.1, 0.15) is 22.8 Å². The molecule has 0 aliphatic heterocycles. The summed E-state index contributed by atoms with van der Waals surface area (Å²) in [5.74, 6) is -0.468. The first-order valence-corrected chi connectivity index (χ1v) is 7.40. The van der Waals surface area contributed by atoms with Crippen LogP contribution >= 0.6 is 0 Å². The van der Waals surface area contributed by atoms with Crippen LogP contribution < -0.4 is 10.6 Å². The molecule has 0 unspecified atom stereocenters. The minimum atomic E-state index is -0.450. The number of hydrogen-bond donors (Lipinski definition) is 2. The normalized spacial score (nSPS) is 10.6. The Morgan fingerprint density at radius 2 is 1.75 bits per heavy atom. The molecule has 0 atom stereocenters. The van der Waals surface area contributed by atoms with E-state index in [2.05, 4.69) is 10.6 Å². The minimum absolute atomic E-state index is 0.0184. The lowest BCUT2D eigenvalue weighted by atomic mass is 10.1. The van der Waals surface area contributed by atoms with Crippen molar-refractivity contribution in [2.75, 3.05) is 5.32 Å². The summed E-state index contributed by atoms with van der Waals surface area (Å²) in [7, 11) is 0. The summed E-state index contributed by atoms with van der Waals surface area (Å²) in [5.41, 5.74) is 2.21. The van der Waals surface area contributed by atoms with Crippen molar-refractivity contribution in [3.63, 3.8) is 0 Å². The molecule has 0 heterocycles. The van der Waals surface area contributed by atoms with Crippen molar-refractivity contribution in [3.05, 3.63) is 77.5 Å². The highest BCUT2D eigenvalue weighted by Gasteiger charge is 2.08. The van der Waals surface area contributed by atoms with Crippen LogP contribution in [0.4, 0.5) is 5.69 Å². The van der Waals surface area contributed by atoms with Gasteiger partial charge in [-0.25, -0.2) is 0 Å². The zero-order valence-electron chi connectivity index (χ0n) is 13.2. The van der Waals surface area contributed by atoms with Crippen LogP contribution in [0.25, 0.3) is 0 Å². The molecule has 0 aliphatic carbocycles. The topological polar surface area (TPSA) is 82.0 Å². The van der Waals surface area contributed by atoms with Crippen molar-refractivity contribution in [1.82, 2.24) is 5.32 Å². The second kappa shape index (κ2) is 8.30. The van der Waals surface area contributed by atoms with Gasteiger partial charge in [0.05, 0.1) is 0 Å². The predicted molar refractivity (Wildman–Crippen MR) is 92.1 cm³/mol. The molecule has 2 N–H and O–H groups in total. The summed E-state index contributed by atoms with van der Waals surface area (Å²) >= 11 is 0. The first kappa shape index (κ1) is 17.0. The molecular weight excluding hydrogens is 302 g/mol. The molecule has 120 valence electrons. The van der Waals surface area contributed by atoms with Crippen LogP contribution in [-0.4, -0.2) is 11.7 Å².